The van der Waals surface area contributed by atoms with E-state index in [0.717, 1.165) is 55.9 Å². The van der Waals surface area contributed by atoms with Crippen LogP contribution in [-0.2, 0) is 6.54 Å². The van der Waals surface area contributed by atoms with Crippen molar-refractivity contribution >= 4 is 16.8 Å². The fourth-order valence-corrected chi connectivity index (χ4v) is 3.23. The van der Waals surface area contributed by atoms with Crippen molar-refractivity contribution in [3.63, 3.8) is 0 Å². The Balaban J connectivity index is 2.08. The molecule has 2 rings (SSSR count). The Morgan fingerprint density at radius 3 is 2.52 bits per heavy atom. The Morgan fingerprint density at radius 2 is 1.87 bits per heavy atom. The number of carbonyl (C=O) groups is 1. The summed E-state index contributed by atoms with van der Waals surface area (Å²) in [6.45, 7) is 13.2. The minimum atomic E-state index is 0.0418. The third-order valence-corrected chi connectivity index (χ3v) is 4.59. The van der Waals surface area contributed by atoms with Gasteiger partial charge in [0, 0.05) is 24.0 Å². The largest absolute Gasteiger partial charge is 0.351 e. The summed E-state index contributed by atoms with van der Waals surface area (Å²) in [6.07, 6.45) is 0.985. The SMILES string of the molecule is CCN(CC)CCCNC(=O)c1c(C)c2ccccc2n1CC. The van der Waals surface area contributed by atoms with E-state index < -0.39 is 0 Å². The lowest BCUT2D eigenvalue weighted by atomic mass is 10.1. The number of nitrogens with zero attached hydrogens (tertiary/aromatic N) is 2. The summed E-state index contributed by atoms with van der Waals surface area (Å²) in [7, 11) is 0. The van der Waals surface area contributed by atoms with Crippen LogP contribution in [0.25, 0.3) is 10.9 Å². The molecule has 0 aliphatic rings. The molecule has 0 aliphatic carbocycles. The molecule has 0 aliphatic heterocycles. The Kier molecular flexibility index (Phi) is 6.22. The van der Waals surface area contributed by atoms with Crippen molar-refractivity contribution in [3.8, 4) is 0 Å². The minimum absolute atomic E-state index is 0.0418. The monoisotopic (exact) mass is 315 g/mol. The maximum absolute atomic E-state index is 12.7. The number of nitrogens with one attached hydrogen (secondary N) is 1. The number of hydrogen-bond acceptors (Lipinski definition) is 2. The zero-order valence-electron chi connectivity index (χ0n) is 14.9. The third-order valence-electron chi connectivity index (χ3n) is 4.59. The number of para-hydroxylation sites is 1. The maximum Gasteiger partial charge on any atom is 0.268 e. The lowest BCUT2D eigenvalue weighted by molar-refractivity contribution is 0.0942. The van der Waals surface area contributed by atoms with E-state index in [0.29, 0.717) is 0 Å². The van der Waals surface area contributed by atoms with Gasteiger partial charge in [-0.1, -0.05) is 32.0 Å². The van der Waals surface area contributed by atoms with Crippen molar-refractivity contribution in [2.24, 2.45) is 0 Å². The predicted molar refractivity (Wildman–Crippen MR) is 97.1 cm³/mol. The molecule has 0 bridgehead atoms. The summed E-state index contributed by atoms with van der Waals surface area (Å²) >= 11 is 0. The number of rotatable bonds is 8. The Bertz CT molecular complexity index is 656. The lowest BCUT2D eigenvalue weighted by Crippen LogP contribution is -2.31. The molecule has 0 saturated heterocycles. The second-order valence-electron chi connectivity index (χ2n) is 5.87. The molecular formula is C19H29N3O. The van der Waals surface area contributed by atoms with Crippen molar-refractivity contribution in [2.45, 2.75) is 40.7 Å². The highest BCUT2D eigenvalue weighted by atomic mass is 16.1. The zero-order valence-corrected chi connectivity index (χ0v) is 14.9. The first-order valence-corrected chi connectivity index (χ1v) is 8.72. The summed E-state index contributed by atoms with van der Waals surface area (Å²) < 4.78 is 2.12. The quantitative estimate of drug-likeness (QED) is 0.758. The van der Waals surface area contributed by atoms with Crippen LogP contribution in [0, 0.1) is 6.92 Å². The van der Waals surface area contributed by atoms with Crippen LogP contribution in [0.2, 0.25) is 0 Å². The van der Waals surface area contributed by atoms with Crippen LogP contribution in [0.5, 0.6) is 0 Å². The number of fused-ring (bicyclic) bond motifs is 1. The molecular weight excluding hydrogens is 286 g/mol. The van der Waals surface area contributed by atoms with Crippen LogP contribution in [0.4, 0.5) is 0 Å². The maximum atomic E-state index is 12.7. The first kappa shape index (κ1) is 17.5. The summed E-state index contributed by atoms with van der Waals surface area (Å²) in [5.41, 5.74) is 3.01. The molecule has 1 aromatic heterocycles. The highest BCUT2D eigenvalue weighted by Gasteiger charge is 2.18. The van der Waals surface area contributed by atoms with E-state index in [9.17, 15) is 4.79 Å². The topological polar surface area (TPSA) is 37.3 Å². The van der Waals surface area contributed by atoms with E-state index in [2.05, 4.69) is 47.7 Å². The van der Waals surface area contributed by atoms with Gasteiger partial charge in [-0.05, 0) is 51.5 Å². The third kappa shape index (κ3) is 3.75. The Labute approximate surface area is 139 Å². The van der Waals surface area contributed by atoms with E-state index in [1.54, 1.807) is 0 Å². The normalized spacial score (nSPS) is 11.3. The zero-order chi connectivity index (χ0) is 16.8. The Hall–Kier alpha value is -1.81. The molecule has 2 aromatic rings. The van der Waals surface area contributed by atoms with E-state index >= 15 is 0 Å². The minimum Gasteiger partial charge on any atom is -0.351 e. The molecule has 1 N–H and O–H groups in total. The van der Waals surface area contributed by atoms with Crippen LogP contribution in [0.15, 0.2) is 24.3 Å². The molecule has 126 valence electrons. The molecule has 23 heavy (non-hydrogen) atoms. The molecule has 4 heteroatoms. The summed E-state index contributed by atoms with van der Waals surface area (Å²) in [5, 5.41) is 4.26. The molecule has 1 heterocycles. The van der Waals surface area contributed by atoms with Crippen molar-refractivity contribution in [1.29, 1.82) is 0 Å². The first-order chi connectivity index (χ1) is 11.1. The number of carbonyl (C=O) groups excluding carboxylic acids is 1. The van der Waals surface area contributed by atoms with Crippen LogP contribution in [0.3, 0.4) is 0 Å². The molecule has 1 aromatic carbocycles. The highest BCUT2D eigenvalue weighted by Crippen LogP contribution is 2.25. The first-order valence-electron chi connectivity index (χ1n) is 8.72. The second-order valence-corrected chi connectivity index (χ2v) is 5.87. The molecule has 0 radical (unpaired) electrons. The molecule has 1 amide bonds. The number of aryl methyl sites for hydroxylation is 2. The fourth-order valence-electron chi connectivity index (χ4n) is 3.23. The van der Waals surface area contributed by atoms with Crippen LogP contribution >= 0.6 is 0 Å². The fraction of sp³-hybridized carbons (Fsp3) is 0.526. The van der Waals surface area contributed by atoms with Crippen molar-refractivity contribution in [3.05, 3.63) is 35.5 Å². The number of aromatic nitrogens is 1. The van der Waals surface area contributed by atoms with Gasteiger partial charge in [0.05, 0.1) is 0 Å². The standard InChI is InChI=1S/C19H29N3O/c1-5-21(6-2)14-10-13-20-19(23)18-15(4)16-11-8-9-12-17(16)22(18)7-3/h8-9,11-12H,5-7,10,13-14H2,1-4H3,(H,20,23). The van der Waals surface area contributed by atoms with Crippen LogP contribution in [-0.4, -0.2) is 41.6 Å². The molecule has 0 saturated carbocycles. The molecule has 0 atom stereocenters. The van der Waals surface area contributed by atoms with Crippen molar-refractivity contribution in [2.75, 3.05) is 26.2 Å². The van der Waals surface area contributed by atoms with Gasteiger partial charge in [0.1, 0.15) is 5.69 Å². The smallest absolute Gasteiger partial charge is 0.268 e. The van der Waals surface area contributed by atoms with E-state index in [4.69, 9.17) is 0 Å². The van der Waals surface area contributed by atoms with Gasteiger partial charge < -0.3 is 14.8 Å². The second kappa shape index (κ2) is 8.16. The predicted octanol–water partition coefficient (Wildman–Crippen LogP) is 3.43. The van der Waals surface area contributed by atoms with Crippen molar-refractivity contribution < 1.29 is 4.79 Å². The van der Waals surface area contributed by atoms with E-state index in [-0.39, 0.29) is 5.91 Å². The summed E-state index contributed by atoms with van der Waals surface area (Å²) in [4.78, 5) is 15.0. The average Bonchev–Trinajstić information content (AvgIpc) is 2.87. The summed E-state index contributed by atoms with van der Waals surface area (Å²) in [6, 6.07) is 8.23. The van der Waals surface area contributed by atoms with Gasteiger partial charge in [-0.15, -0.1) is 0 Å². The van der Waals surface area contributed by atoms with Gasteiger partial charge in [-0.3, -0.25) is 4.79 Å². The van der Waals surface area contributed by atoms with Crippen LogP contribution < -0.4 is 5.32 Å². The number of amides is 1. The van der Waals surface area contributed by atoms with Crippen LogP contribution in [0.1, 0.15) is 43.2 Å². The van der Waals surface area contributed by atoms with E-state index in [1.807, 2.05) is 19.1 Å². The Morgan fingerprint density at radius 1 is 1.17 bits per heavy atom. The summed E-state index contributed by atoms with van der Waals surface area (Å²) in [5.74, 6) is 0.0418. The molecule has 4 nitrogen and oxygen atoms in total. The molecule has 0 fully saturated rings. The van der Waals surface area contributed by atoms with E-state index in [1.165, 1.54) is 5.39 Å². The van der Waals surface area contributed by atoms with Gasteiger partial charge in [-0.25, -0.2) is 0 Å². The number of benzene rings is 1. The van der Waals surface area contributed by atoms with Gasteiger partial charge in [-0.2, -0.15) is 0 Å². The lowest BCUT2D eigenvalue weighted by Gasteiger charge is -2.17. The van der Waals surface area contributed by atoms with Gasteiger partial charge in [0.25, 0.3) is 5.91 Å². The number of hydrogen-bond donors (Lipinski definition) is 1. The molecule has 0 unspecified atom stereocenters. The van der Waals surface area contributed by atoms with Gasteiger partial charge in [0.15, 0.2) is 0 Å². The molecule has 0 spiro atoms. The average molecular weight is 315 g/mol. The van der Waals surface area contributed by atoms with Crippen molar-refractivity contribution in [1.82, 2.24) is 14.8 Å². The highest BCUT2D eigenvalue weighted by molar-refractivity contribution is 6.01. The van der Waals surface area contributed by atoms with Gasteiger partial charge >= 0.3 is 0 Å². The van der Waals surface area contributed by atoms with Gasteiger partial charge in [0.2, 0.25) is 0 Å².